The predicted molar refractivity (Wildman–Crippen MR) is 193 cm³/mol. The largest absolute Gasteiger partial charge is 0.506 e. The lowest BCUT2D eigenvalue weighted by atomic mass is 9.92. The molecule has 13 heteroatoms. The number of hydrogen-bond donors (Lipinski definition) is 3. The number of rotatable bonds is 9. The Balaban J connectivity index is 0.996. The van der Waals surface area contributed by atoms with Crippen LogP contribution in [-0.4, -0.2) is 67.4 Å². The van der Waals surface area contributed by atoms with Gasteiger partial charge in [-0.05, 0) is 72.9 Å². The molecule has 0 spiro atoms. The van der Waals surface area contributed by atoms with Crippen molar-refractivity contribution >= 4 is 29.1 Å². The average molecular weight is 697 g/mol. The molecule has 5 aromatic rings. The number of phenols is 1. The second-order valence-electron chi connectivity index (χ2n) is 13.6. The van der Waals surface area contributed by atoms with E-state index in [0.717, 1.165) is 90.1 Å². The van der Waals surface area contributed by atoms with Gasteiger partial charge in [0.2, 0.25) is 0 Å². The number of nitrogens with one attached hydrogen (secondary N) is 2. The van der Waals surface area contributed by atoms with Crippen LogP contribution in [0, 0.1) is 0 Å². The number of benzene rings is 3. The topological polar surface area (TPSA) is 132 Å². The van der Waals surface area contributed by atoms with Crippen molar-refractivity contribution in [3.63, 3.8) is 0 Å². The monoisotopic (exact) mass is 696 g/mol. The number of para-hydroxylation sites is 1. The van der Waals surface area contributed by atoms with E-state index in [9.17, 15) is 9.90 Å². The molecule has 7 rings (SSSR count). The molecular formula is C37H41ClN8O4. The molecule has 3 N–H and O–H groups in total. The van der Waals surface area contributed by atoms with Crippen molar-refractivity contribution in [2.45, 2.75) is 58.5 Å². The number of hydrogen-bond acceptors (Lipinski definition) is 8. The highest BCUT2D eigenvalue weighted by Crippen LogP contribution is 2.37. The third-order valence-electron chi connectivity index (χ3n) is 9.23. The molecule has 0 saturated heterocycles. The molecular weight excluding hydrogens is 656 g/mol. The minimum absolute atomic E-state index is 0.0246. The van der Waals surface area contributed by atoms with Gasteiger partial charge in [-0.25, -0.2) is 9.48 Å². The van der Waals surface area contributed by atoms with Gasteiger partial charge >= 0.3 is 6.03 Å². The summed E-state index contributed by atoms with van der Waals surface area (Å²) >= 11 is 6.20. The fourth-order valence-electron chi connectivity index (χ4n) is 6.57. The van der Waals surface area contributed by atoms with E-state index < -0.39 is 0 Å². The van der Waals surface area contributed by atoms with Gasteiger partial charge in [-0.15, -0.1) is 10.2 Å². The zero-order chi connectivity index (χ0) is 35.0. The summed E-state index contributed by atoms with van der Waals surface area (Å²) in [6.07, 6.45) is 2.74. The number of ether oxygens (including phenoxy) is 2. The summed E-state index contributed by atoms with van der Waals surface area (Å²) in [6.45, 7) is 9.80. The lowest BCUT2D eigenvalue weighted by Crippen LogP contribution is -2.36. The van der Waals surface area contributed by atoms with E-state index in [1.807, 2.05) is 42.5 Å². The maximum absolute atomic E-state index is 13.4. The number of carbonyl (C=O) groups excluding carboxylic acids is 1. The summed E-state index contributed by atoms with van der Waals surface area (Å²) in [5.74, 6) is 3.86. The van der Waals surface area contributed by atoms with Crippen LogP contribution in [0.25, 0.3) is 17.1 Å². The molecule has 0 atom stereocenters. The highest BCUT2D eigenvalue weighted by Gasteiger charge is 2.26. The summed E-state index contributed by atoms with van der Waals surface area (Å²) in [7, 11) is 1.67. The number of halogens is 1. The number of anilines is 2. The van der Waals surface area contributed by atoms with Crippen molar-refractivity contribution in [2.75, 3.05) is 37.4 Å². The molecule has 3 aromatic carbocycles. The summed E-state index contributed by atoms with van der Waals surface area (Å²) in [5.41, 5.74) is 5.09. The molecule has 260 valence electrons. The number of urea groups is 1. The van der Waals surface area contributed by atoms with Crippen molar-refractivity contribution in [2.24, 2.45) is 0 Å². The number of aromatic nitrogens is 5. The van der Waals surface area contributed by atoms with Crippen LogP contribution >= 0.6 is 11.6 Å². The lowest BCUT2D eigenvalue weighted by Gasteiger charge is -2.28. The standard InChI is InChI=1S/C37H41ClN8O4/c1-37(2,3)32-21-33(46(43-32)23-12-14-29(47)27(38)20-23)40-36(48)39-28-13-15-31(25-10-7-9-24(25)28)50-19-18-44-16-17-45-34(22-44)41-42-35(45)26-8-5-6-11-30(26)49-4/h5-6,8,11-15,20-21,47H,7,9-10,16-19,22H2,1-4H3,(H2,39,40,48). The van der Waals surface area contributed by atoms with E-state index in [0.29, 0.717) is 24.7 Å². The minimum Gasteiger partial charge on any atom is -0.506 e. The normalized spacial score (nSPS) is 14.3. The fraction of sp³-hybridized carbons (Fsp3) is 0.351. The van der Waals surface area contributed by atoms with Crippen molar-refractivity contribution in [3.05, 3.63) is 88.3 Å². The first kappa shape index (κ1) is 33.4. The van der Waals surface area contributed by atoms with Crippen molar-refractivity contribution < 1.29 is 19.4 Å². The van der Waals surface area contributed by atoms with E-state index in [4.69, 9.17) is 26.2 Å². The highest BCUT2D eigenvalue weighted by molar-refractivity contribution is 6.32. The Bertz CT molecular complexity index is 2050. The second-order valence-corrected chi connectivity index (χ2v) is 14.0. The highest BCUT2D eigenvalue weighted by atomic mass is 35.5. The zero-order valence-electron chi connectivity index (χ0n) is 28.7. The van der Waals surface area contributed by atoms with E-state index in [1.54, 1.807) is 23.9 Å². The SMILES string of the molecule is COc1ccccc1-c1nnc2n1CCN(CCOc1ccc(NC(=O)Nc3cc(C(C)(C)C)nn3-c3ccc(O)c(Cl)c3)c3c1CCC3)C2. The number of nitrogens with zero attached hydrogens (tertiary/aromatic N) is 6. The number of phenolic OH excluding ortho intramolecular Hbond substituents is 1. The average Bonchev–Trinajstić information content (AvgIpc) is 3.86. The molecule has 0 unspecified atom stereocenters. The van der Waals surface area contributed by atoms with Crippen LogP contribution in [0.3, 0.4) is 0 Å². The predicted octanol–water partition coefficient (Wildman–Crippen LogP) is 6.82. The number of carbonyl (C=O) groups is 1. The third-order valence-corrected chi connectivity index (χ3v) is 9.53. The van der Waals surface area contributed by atoms with Crippen molar-refractivity contribution in [1.29, 1.82) is 0 Å². The van der Waals surface area contributed by atoms with Gasteiger partial charge < -0.3 is 24.5 Å². The maximum atomic E-state index is 13.4. The van der Waals surface area contributed by atoms with Crippen LogP contribution < -0.4 is 20.1 Å². The molecule has 50 heavy (non-hydrogen) atoms. The first-order chi connectivity index (χ1) is 24.1. The molecule has 12 nitrogen and oxygen atoms in total. The lowest BCUT2D eigenvalue weighted by molar-refractivity contribution is 0.174. The number of amides is 2. The van der Waals surface area contributed by atoms with Crippen molar-refractivity contribution in [3.8, 4) is 34.3 Å². The Kier molecular flexibility index (Phi) is 9.15. The van der Waals surface area contributed by atoms with Gasteiger partial charge in [-0.2, -0.15) is 5.10 Å². The second kappa shape index (κ2) is 13.7. The number of aromatic hydroxyl groups is 1. The Morgan fingerprint density at radius 2 is 1.80 bits per heavy atom. The van der Waals surface area contributed by atoms with Gasteiger partial charge in [-0.3, -0.25) is 10.2 Å². The minimum atomic E-state index is -0.383. The summed E-state index contributed by atoms with van der Waals surface area (Å²) in [5, 5.41) is 29.9. The summed E-state index contributed by atoms with van der Waals surface area (Å²) < 4.78 is 15.7. The Labute approximate surface area is 296 Å². The van der Waals surface area contributed by atoms with Gasteiger partial charge in [-0.1, -0.05) is 44.5 Å². The summed E-state index contributed by atoms with van der Waals surface area (Å²) in [6, 6.07) is 18.0. The van der Waals surface area contributed by atoms with Gasteiger partial charge in [0.25, 0.3) is 0 Å². The quantitative estimate of drug-likeness (QED) is 0.153. The van der Waals surface area contributed by atoms with E-state index >= 15 is 0 Å². The molecule has 2 amide bonds. The molecule has 3 heterocycles. The Hall–Kier alpha value is -5.07. The first-order valence-electron chi connectivity index (χ1n) is 16.8. The number of fused-ring (bicyclic) bond motifs is 2. The molecule has 0 fully saturated rings. The van der Waals surface area contributed by atoms with E-state index in [-0.39, 0.29) is 22.2 Å². The molecule has 0 saturated carbocycles. The number of methoxy groups -OCH3 is 1. The van der Waals surface area contributed by atoms with Crippen LogP contribution in [-0.2, 0) is 31.3 Å². The molecule has 0 radical (unpaired) electrons. The molecule has 2 aromatic heterocycles. The van der Waals surface area contributed by atoms with Crippen LogP contribution in [0.1, 0.15) is 49.8 Å². The van der Waals surface area contributed by atoms with Crippen molar-refractivity contribution in [1.82, 2.24) is 29.4 Å². The Morgan fingerprint density at radius 3 is 2.60 bits per heavy atom. The first-order valence-corrected chi connectivity index (χ1v) is 17.2. The molecule has 2 aliphatic rings. The van der Waals surface area contributed by atoms with Gasteiger partial charge in [0.05, 0.1) is 35.6 Å². The van der Waals surface area contributed by atoms with Gasteiger partial charge in [0.1, 0.15) is 35.5 Å². The van der Waals surface area contributed by atoms with E-state index in [1.165, 1.54) is 6.07 Å². The molecule has 1 aliphatic heterocycles. The smallest absolute Gasteiger partial charge is 0.324 e. The van der Waals surface area contributed by atoms with Gasteiger partial charge in [0, 0.05) is 36.8 Å². The zero-order valence-corrected chi connectivity index (χ0v) is 29.4. The van der Waals surface area contributed by atoms with Crippen LogP contribution in [0.15, 0.2) is 60.7 Å². The van der Waals surface area contributed by atoms with E-state index in [2.05, 4.69) is 51.1 Å². The van der Waals surface area contributed by atoms with Crippen LogP contribution in [0.2, 0.25) is 5.02 Å². The fourth-order valence-corrected chi connectivity index (χ4v) is 6.74. The van der Waals surface area contributed by atoms with Crippen LogP contribution in [0.4, 0.5) is 16.3 Å². The van der Waals surface area contributed by atoms with Crippen LogP contribution in [0.5, 0.6) is 17.2 Å². The Morgan fingerprint density at radius 1 is 0.980 bits per heavy atom. The maximum Gasteiger partial charge on any atom is 0.324 e. The third kappa shape index (κ3) is 6.73. The van der Waals surface area contributed by atoms with Gasteiger partial charge in [0.15, 0.2) is 5.82 Å². The summed E-state index contributed by atoms with van der Waals surface area (Å²) in [4.78, 5) is 15.7. The molecule has 1 aliphatic carbocycles. The molecule has 0 bridgehead atoms.